The fourth-order valence-electron chi connectivity index (χ4n) is 2.46. The highest BCUT2D eigenvalue weighted by Crippen LogP contribution is 2.23. The van der Waals surface area contributed by atoms with Crippen molar-refractivity contribution < 1.29 is 9.15 Å². The van der Waals surface area contributed by atoms with E-state index in [1.807, 2.05) is 25.1 Å². The second kappa shape index (κ2) is 5.61. The highest BCUT2D eigenvalue weighted by atomic mass is 16.5. The standard InChI is InChI=1S/C15H20N2O2/c1-2-15-17-13-9-12(3-4-14(13)19-15)18-10-11-5-7-16-8-6-11/h3-4,9,11,16H,2,5-8,10H2,1H3. The van der Waals surface area contributed by atoms with Crippen molar-refractivity contribution in [3.05, 3.63) is 24.1 Å². The van der Waals surface area contributed by atoms with E-state index in [1.54, 1.807) is 0 Å². The van der Waals surface area contributed by atoms with Crippen molar-refractivity contribution in [2.24, 2.45) is 5.92 Å². The lowest BCUT2D eigenvalue weighted by Gasteiger charge is -2.22. The van der Waals surface area contributed by atoms with E-state index in [2.05, 4.69) is 10.3 Å². The fourth-order valence-corrected chi connectivity index (χ4v) is 2.46. The van der Waals surface area contributed by atoms with Crippen LogP contribution in [0.1, 0.15) is 25.7 Å². The molecule has 1 fully saturated rings. The van der Waals surface area contributed by atoms with Crippen LogP contribution in [0.4, 0.5) is 0 Å². The van der Waals surface area contributed by atoms with Gasteiger partial charge in [-0.2, -0.15) is 0 Å². The lowest BCUT2D eigenvalue weighted by atomic mass is 9.99. The van der Waals surface area contributed by atoms with Gasteiger partial charge in [0.25, 0.3) is 0 Å². The number of nitrogens with zero attached hydrogens (tertiary/aromatic N) is 1. The predicted molar refractivity (Wildman–Crippen MR) is 74.5 cm³/mol. The normalized spacial score (nSPS) is 16.9. The average Bonchev–Trinajstić information content (AvgIpc) is 2.88. The molecule has 4 heteroatoms. The van der Waals surface area contributed by atoms with Crippen LogP contribution < -0.4 is 10.1 Å². The first-order valence-electron chi connectivity index (χ1n) is 7.08. The van der Waals surface area contributed by atoms with Crippen LogP contribution >= 0.6 is 0 Å². The van der Waals surface area contributed by atoms with Crippen molar-refractivity contribution in [1.82, 2.24) is 10.3 Å². The van der Waals surface area contributed by atoms with Gasteiger partial charge in [0.15, 0.2) is 11.5 Å². The molecule has 1 aromatic carbocycles. The summed E-state index contributed by atoms with van der Waals surface area (Å²) in [6.45, 7) is 5.05. The molecule has 0 amide bonds. The van der Waals surface area contributed by atoms with Gasteiger partial charge in [-0.25, -0.2) is 4.98 Å². The molecular formula is C15H20N2O2. The Bertz CT molecular complexity index is 544. The van der Waals surface area contributed by atoms with Crippen molar-refractivity contribution in [2.45, 2.75) is 26.2 Å². The molecule has 0 bridgehead atoms. The van der Waals surface area contributed by atoms with E-state index < -0.39 is 0 Å². The number of ether oxygens (including phenoxy) is 1. The summed E-state index contributed by atoms with van der Waals surface area (Å²) in [7, 11) is 0. The quantitative estimate of drug-likeness (QED) is 0.918. The van der Waals surface area contributed by atoms with E-state index in [4.69, 9.17) is 9.15 Å². The monoisotopic (exact) mass is 260 g/mol. The SMILES string of the molecule is CCc1nc2cc(OCC3CCNCC3)ccc2o1. The Balaban J connectivity index is 1.66. The molecule has 0 atom stereocenters. The number of piperidine rings is 1. The number of aryl methyl sites for hydroxylation is 1. The van der Waals surface area contributed by atoms with E-state index in [9.17, 15) is 0 Å². The van der Waals surface area contributed by atoms with E-state index in [1.165, 1.54) is 12.8 Å². The lowest BCUT2D eigenvalue weighted by molar-refractivity contribution is 0.215. The first kappa shape index (κ1) is 12.5. The van der Waals surface area contributed by atoms with Crippen LogP contribution in [0.3, 0.4) is 0 Å². The van der Waals surface area contributed by atoms with Gasteiger partial charge in [-0.15, -0.1) is 0 Å². The maximum absolute atomic E-state index is 5.89. The minimum absolute atomic E-state index is 0.667. The van der Waals surface area contributed by atoms with E-state index in [-0.39, 0.29) is 0 Å². The number of hydrogen-bond acceptors (Lipinski definition) is 4. The largest absolute Gasteiger partial charge is 0.493 e. The third-order valence-electron chi connectivity index (χ3n) is 3.65. The second-order valence-corrected chi connectivity index (χ2v) is 5.10. The zero-order chi connectivity index (χ0) is 13.1. The van der Waals surface area contributed by atoms with Crippen molar-refractivity contribution in [3.63, 3.8) is 0 Å². The third kappa shape index (κ3) is 2.89. The molecule has 0 saturated carbocycles. The van der Waals surface area contributed by atoms with Gasteiger partial charge < -0.3 is 14.5 Å². The van der Waals surface area contributed by atoms with Crippen molar-refractivity contribution in [1.29, 1.82) is 0 Å². The molecule has 1 aliphatic heterocycles. The first-order chi connectivity index (χ1) is 9.35. The molecule has 102 valence electrons. The Morgan fingerprint density at radius 1 is 1.37 bits per heavy atom. The molecule has 1 aromatic heterocycles. The summed E-state index contributed by atoms with van der Waals surface area (Å²) >= 11 is 0. The molecule has 2 aromatic rings. The molecule has 2 heterocycles. The van der Waals surface area contributed by atoms with Crippen molar-refractivity contribution in [3.8, 4) is 5.75 Å². The fraction of sp³-hybridized carbons (Fsp3) is 0.533. The number of benzene rings is 1. The molecule has 4 nitrogen and oxygen atoms in total. The van der Waals surface area contributed by atoms with Gasteiger partial charge in [-0.3, -0.25) is 0 Å². The number of aromatic nitrogens is 1. The Morgan fingerprint density at radius 2 is 2.21 bits per heavy atom. The number of oxazole rings is 1. The van der Waals surface area contributed by atoms with Crippen LogP contribution in [-0.2, 0) is 6.42 Å². The summed E-state index contributed by atoms with van der Waals surface area (Å²) in [5, 5.41) is 3.37. The molecule has 0 unspecified atom stereocenters. The number of fused-ring (bicyclic) bond motifs is 1. The molecule has 0 aliphatic carbocycles. The maximum Gasteiger partial charge on any atom is 0.195 e. The van der Waals surface area contributed by atoms with Gasteiger partial charge >= 0.3 is 0 Å². The van der Waals surface area contributed by atoms with Crippen LogP contribution in [0.5, 0.6) is 5.75 Å². The Hall–Kier alpha value is -1.55. The molecule has 3 rings (SSSR count). The van der Waals surface area contributed by atoms with Crippen molar-refractivity contribution >= 4 is 11.1 Å². The summed E-state index contributed by atoms with van der Waals surface area (Å²) in [5.41, 5.74) is 1.73. The minimum Gasteiger partial charge on any atom is -0.493 e. The highest BCUT2D eigenvalue weighted by molar-refractivity contribution is 5.74. The van der Waals surface area contributed by atoms with Gasteiger partial charge in [-0.1, -0.05) is 6.92 Å². The van der Waals surface area contributed by atoms with Gasteiger partial charge in [0.2, 0.25) is 0 Å². The van der Waals surface area contributed by atoms with E-state index in [0.29, 0.717) is 5.92 Å². The number of rotatable bonds is 4. The summed E-state index contributed by atoms with van der Waals surface area (Å²) in [4.78, 5) is 4.43. The molecule has 1 saturated heterocycles. The maximum atomic E-state index is 5.89. The van der Waals surface area contributed by atoms with Crippen LogP contribution in [0, 0.1) is 5.92 Å². The smallest absolute Gasteiger partial charge is 0.195 e. The molecular weight excluding hydrogens is 240 g/mol. The molecule has 1 N–H and O–H groups in total. The Kier molecular flexibility index (Phi) is 3.69. The minimum atomic E-state index is 0.667. The molecule has 0 radical (unpaired) electrons. The first-order valence-corrected chi connectivity index (χ1v) is 7.08. The summed E-state index contributed by atoms with van der Waals surface area (Å²) in [6, 6.07) is 5.88. The van der Waals surface area contributed by atoms with E-state index >= 15 is 0 Å². The van der Waals surface area contributed by atoms with Crippen LogP contribution in [0.15, 0.2) is 22.6 Å². The van der Waals surface area contributed by atoms with E-state index in [0.717, 1.165) is 48.9 Å². The zero-order valence-corrected chi connectivity index (χ0v) is 11.3. The second-order valence-electron chi connectivity index (χ2n) is 5.10. The van der Waals surface area contributed by atoms with Crippen molar-refractivity contribution in [2.75, 3.05) is 19.7 Å². The molecule has 0 spiro atoms. The third-order valence-corrected chi connectivity index (χ3v) is 3.65. The summed E-state index contributed by atoms with van der Waals surface area (Å²) in [5.74, 6) is 2.34. The van der Waals surface area contributed by atoms with Gasteiger partial charge in [0.1, 0.15) is 11.3 Å². The van der Waals surface area contributed by atoms with Crippen LogP contribution in [-0.4, -0.2) is 24.7 Å². The summed E-state index contributed by atoms with van der Waals surface area (Å²) < 4.78 is 11.5. The number of nitrogens with one attached hydrogen (secondary N) is 1. The summed E-state index contributed by atoms with van der Waals surface area (Å²) in [6.07, 6.45) is 3.22. The van der Waals surface area contributed by atoms with Gasteiger partial charge in [0.05, 0.1) is 6.61 Å². The van der Waals surface area contributed by atoms with Gasteiger partial charge in [-0.05, 0) is 44.0 Å². The lowest BCUT2D eigenvalue weighted by Crippen LogP contribution is -2.30. The highest BCUT2D eigenvalue weighted by Gasteiger charge is 2.14. The molecule has 1 aliphatic rings. The predicted octanol–water partition coefficient (Wildman–Crippen LogP) is 2.77. The Morgan fingerprint density at radius 3 is 3.00 bits per heavy atom. The molecule has 19 heavy (non-hydrogen) atoms. The van der Waals surface area contributed by atoms with Gasteiger partial charge in [0, 0.05) is 12.5 Å². The number of hydrogen-bond donors (Lipinski definition) is 1. The zero-order valence-electron chi connectivity index (χ0n) is 11.3. The van der Waals surface area contributed by atoms with Crippen LogP contribution in [0.25, 0.3) is 11.1 Å². The Labute approximate surface area is 113 Å². The topological polar surface area (TPSA) is 47.3 Å². The average molecular weight is 260 g/mol. The van der Waals surface area contributed by atoms with Crippen LogP contribution in [0.2, 0.25) is 0 Å².